The fourth-order valence-corrected chi connectivity index (χ4v) is 6.92. The molecule has 0 spiro atoms. The number of hydrogen-bond donors (Lipinski definition) is 0. The summed E-state index contributed by atoms with van der Waals surface area (Å²) >= 11 is 0. The second-order valence-electron chi connectivity index (χ2n) is 16.5. The van der Waals surface area contributed by atoms with E-state index >= 15 is 8.78 Å². The Kier molecular flexibility index (Phi) is 8.36. The van der Waals surface area contributed by atoms with Crippen LogP contribution in [0.1, 0.15) is 79.3 Å². The summed E-state index contributed by atoms with van der Waals surface area (Å²) in [4.78, 5) is 4.79. The average molecular weight is 701 g/mol. The van der Waals surface area contributed by atoms with Gasteiger partial charge in [0.15, 0.2) is 0 Å². The van der Waals surface area contributed by atoms with Crippen molar-refractivity contribution in [1.29, 1.82) is 0 Å². The first-order valence-electron chi connectivity index (χ1n) is 17.5. The third kappa shape index (κ3) is 6.25. The van der Waals surface area contributed by atoms with Gasteiger partial charge in [-0.25, -0.2) is 22.8 Å². The van der Waals surface area contributed by atoms with E-state index in [0.29, 0.717) is 34.1 Å². The smallest absolute Gasteiger partial charge is 0.137 e. The van der Waals surface area contributed by atoms with Crippen LogP contribution in [-0.2, 0) is 16.2 Å². The highest BCUT2D eigenvalue weighted by atomic mass is 19.1. The van der Waals surface area contributed by atoms with Gasteiger partial charge in [-0.2, -0.15) is 5.10 Å². The zero-order valence-corrected chi connectivity index (χ0v) is 31.1. The summed E-state index contributed by atoms with van der Waals surface area (Å²) in [6.07, 6.45) is 1.86. The molecular weight excluding hydrogens is 658 g/mol. The molecule has 0 fully saturated rings. The van der Waals surface area contributed by atoms with Crippen molar-refractivity contribution in [1.82, 2.24) is 19.3 Å². The normalized spacial score (nSPS) is 12.6. The molecule has 0 unspecified atom stereocenters. The molecule has 7 aromatic rings. The maximum Gasteiger partial charge on any atom is 0.137 e. The van der Waals surface area contributed by atoms with E-state index in [9.17, 15) is 4.39 Å². The maximum atomic E-state index is 15.5. The van der Waals surface area contributed by atoms with Crippen molar-refractivity contribution < 1.29 is 17.9 Å². The standard InChI is InChI=1S/C44H43F3N4O/c1-42(2,3)26-19-20-48-37(21-26)50-35-16-11-10-15-31(35)32-18-17-30(25-36(32)50)52-29-14-12-13-28(24-29)51-41(44(7,8)9)39(40(49-51)43(4,5)6)38-33(46)22-27(45)23-34(38)47/h10-25H,1-9H3. The molecule has 0 aliphatic heterocycles. The molecule has 0 atom stereocenters. The molecule has 0 saturated carbocycles. The Balaban J connectivity index is 1.36. The summed E-state index contributed by atoms with van der Waals surface area (Å²) in [6, 6.07) is 27.5. The van der Waals surface area contributed by atoms with E-state index < -0.39 is 28.3 Å². The molecule has 8 heteroatoms. The summed E-state index contributed by atoms with van der Waals surface area (Å²) in [5, 5.41) is 7.20. The number of pyridine rings is 1. The third-order valence-electron chi connectivity index (χ3n) is 9.35. The van der Waals surface area contributed by atoms with Crippen LogP contribution in [0.25, 0.3) is 44.4 Å². The van der Waals surface area contributed by atoms with Crippen LogP contribution in [0.3, 0.4) is 0 Å². The van der Waals surface area contributed by atoms with Gasteiger partial charge in [-0.15, -0.1) is 0 Å². The van der Waals surface area contributed by atoms with Crippen molar-refractivity contribution in [3.05, 3.63) is 132 Å². The summed E-state index contributed by atoms with van der Waals surface area (Å²) in [5.41, 5.74) is 3.69. The Morgan fingerprint density at radius 2 is 1.27 bits per heavy atom. The zero-order chi connectivity index (χ0) is 37.3. The number of hydrogen-bond acceptors (Lipinski definition) is 3. The Labute approximate surface area is 302 Å². The van der Waals surface area contributed by atoms with Crippen LogP contribution in [0.2, 0.25) is 0 Å². The largest absolute Gasteiger partial charge is 0.457 e. The monoisotopic (exact) mass is 700 g/mol. The maximum absolute atomic E-state index is 15.5. The van der Waals surface area contributed by atoms with Gasteiger partial charge in [-0.3, -0.25) is 4.57 Å². The van der Waals surface area contributed by atoms with Gasteiger partial charge < -0.3 is 4.74 Å². The molecule has 266 valence electrons. The molecule has 0 aliphatic carbocycles. The highest BCUT2D eigenvalue weighted by Crippen LogP contribution is 2.44. The minimum atomic E-state index is -0.974. The van der Waals surface area contributed by atoms with E-state index in [2.05, 4.69) is 55.7 Å². The predicted octanol–water partition coefficient (Wildman–Crippen LogP) is 12.1. The number of rotatable bonds is 5. The third-order valence-corrected chi connectivity index (χ3v) is 9.35. The van der Waals surface area contributed by atoms with Gasteiger partial charge in [-0.1, -0.05) is 86.6 Å². The van der Waals surface area contributed by atoms with Crippen molar-refractivity contribution in [2.24, 2.45) is 0 Å². The molecule has 0 aliphatic rings. The molecule has 3 heterocycles. The minimum Gasteiger partial charge on any atom is -0.457 e. The summed E-state index contributed by atoms with van der Waals surface area (Å²) < 4.78 is 55.5. The van der Waals surface area contributed by atoms with Crippen LogP contribution in [0.5, 0.6) is 11.5 Å². The van der Waals surface area contributed by atoms with Gasteiger partial charge in [0.1, 0.15) is 34.8 Å². The van der Waals surface area contributed by atoms with Crippen molar-refractivity contribution in [3.8, 4) is 34.1 Å². The van der Waals surface area contributed by atoms with Crippen LogP contribution < -0.4 is 4.74 Å². The van der Waals surface area contributed by atoms with Crippen LogP contribution in [0.4, 0.5) is 13.2 Å². The molecule has 0 radical (unpaired) electrons. The lowest BCUT2D eigenvalue weighted by Crippen LogP contribution is -2.19. The van der Waals surface area contributed by atoms with Gasteiger partial charge in [0.2, 0.25) is 0 Å². The second-order valence-corrected chi connectivity index (χ2v) is 16.5. The fourth-order valence-electron chi connectivity index (χ4n) is 6.92. The van der Waals surface area contributed by atoms with Crippen molar-refractivity contribution in [3.63, 3.8) is 0 Å². The molecule has 5 nitrogen and oxygen atoms in total. The van der Waals surface area contributed by atoms with Crippen molar-refractivity contribution >= 4 is 21.8 Å². The summed E-state index contributed by atoms with van der Waals surface area (Å²) in [5.74, 6) is -0.912. The Morgan fingerprint density at radius 3 is 1.94 bits per heavy atom. The van der Waals surface area contributed by atoms with Gasteiger partial charge in [0.05, 0.1) is 33.7 Å². The van der Waals surface area contributed by atoms with E-state index in [4.69, 9.17) is 14.8 Å². The zero-order valence-electron chi connectivity index (χ0n) is 31.1. The van der Waals surface area contributed by atoms with Crippen LogP contribution in [0.15, 0.2) is 97.2 Å². The number of aromatic nitrogens is 4. The first-order valence-corrected chi connectivity index (χ1v) is 17.5. The quantitative estimate of drug-likeness (QED) is 0.180. The summed E-state index contributed by atoms with van der Waals surface area (Å²) in [6.45, 7) is 18.3. The molecule has 3 aromatic heterocycles. The molecule has 0 N–H and O–H groups in total. The number of nitrogens with zero attached hydrogens (tertiary/aromatic N) is 4. The summed E-state index contributed by atoms with van der Waals surface area (Å²) in [7, 11) is 0. The predicted molar refractivity (Wildman–Crippen MR) is 204 cm³/mol. The highest BCUT2D eigenvalue weighted by Gasteiger charge is 2.36. The second kappa shape index (κ2) is 12.4. The molecule has 0 amide bonds. The van der Waals surface area contributed by atoms with Crippen LogP contribution in [-0.4, -0.2) is 19.3 Å². The number of halogens is 3. The molecule has 4 aromatic carbocycles. The van der Waals surface area contributed by atoms with Crippen molar-refractivity contribution in [2.45, 2.75) is 78.6 Å². The lowest BCUT2D eigenvalue weighted by molar-refractivity contribution is 0.482. The molecule has 0 saturated heterocycles. The molecule has 52 heavy (non-hydrogen) atoms. The van der Waals surface area contributed by atoms with Crippen LogP contribution in [0, 0.1) is 17.5 Å². The molecule has 0 bridgehead atoms. The number of para-hydroxylation sites is 1. The molecule has 7 rings (SSSR count). The number of benzene rings is 4. The first-order chi connectivity index (χ1) is 24.4. The lowest BCUT2D eigenvalue weighted by atomic mass is 9.80. The number of ether oxygens (including phenoxy) is 1. The first kappa shape index (κ1) is 35.1. The minimum absolute atomic E-state index is 0.0487. The van der Waals surface area contributed by atoms with Gasteiger partial charge in [-0.05, 0) is 53.4 Å². The highest BCUT2D eigenvalue weighted by molar-refractivity contribution is 6.09. The number of fused-ring (bicyclic) bond motifs is 3. The Morgan fingerprint density at radius 1 is 0.596 bits per heavy atom. The topological polar surface area (TPSA) is 44.9 Å². The van der Waals surface area contributed by atoms with E-state index in [0.717, 1.165) is 39.8 Å². The van der Waals surface area contributed by atoms with Gasteiger partial charge in [0, 0.05) is 57.6 Å². The molecular formula is C44H43F3N4O. The Hall–Kier alpha value is -5.37. The lowest BCUT2D eigenvalue weighted by Gasteiger charge is -2.24. The van der Waals surface area contributed by atoms with E-state index in [-0.39, 0.29) is 11.0 Å². The van der Waals surface area contributed by atoms with Gasteiger partial charge >= 0.3 is 0 Å². The SMILES string of the molecule is CC(C)(C)c1ccnc(-n2c3ccccc3c3ccc(Oc4cccc(-n5nc(C(C)(C)C)c(-c6c(F)cc(F)cc6F)c5C(C)(C)C)c4)cc32)c1. The average Bonchev–Trinajstić information content (AvgIpc) is 3.61. The van der Waals surface area contributed by atoms with E-state index in [1.807, 2.05) is 96.3 Å². The Bertz CT molecular complexity index is 2470. The van der Waals surface area contributed by atoms with Gasteiger partial charge in [0.25, 0.3) is 0 Å². The van der Waals surface area contributed by atoms with E-state index in [1.165, 1.54) is 5.56 Å². The fraction of sp³-hybridized carbons (Fsp3) is 0.273. The van der Waals surface area contributed by atoms with Crippen molar-refractivity contribution in [2.75, 3.05) is 0 Å². The van der Waals surface area contributed by atoms with E-state index in [1.54, 1.807) is 4.68 Å². The van der Waals surface area contributed by atoms with Crippen LogP contribution >= 0.6 is 0 Å².